The second kappa shape index (κ2) is 10.2. The quantitative estimate of drug-likeness (QED) is 0.315. The Hall–Kier alpha value is -4.50. The number of para-hydroxylation sites is 1. The van der Waals surface area contributed by atoms with Crippen LogP contribution in [-0.4, -0.2) is 20.9 Å². The molecule has 1 heterocycles. The first kappa shape index (κ1) is 21.7. The number of aryl methyl sites for hydroxylation is 2. The standard InChI is InChI=1S/C27H23N5O/c1-20-7-9-21(10-8-20)17-24(18-28)22-11-13-23(14-12-22)26-19-32(31-30-26)16-15-27(33)29-25-5-3-2-4-6-25/h2-14,17,19H,15-16H2,1H3,(H,29,33)/b24-17+. The first-order valence-corrected chi connectivity index (χ1v) is 10.6. The van der Waals surface area contributed by atoms with E-state index >= 15 is 0 Å². The van der Waals surface area contributed by atoms with Gasteiger partial charge in [0.2, 0.25) is 5.91 Å². The molecule has 33 heavy (non-hydrogen) atoms. The fraction of sp³-hybridized carbons (Fsp3) is 0.111. The summed E-state index contributed by atoms with van der Waals surface area (Å²) in [6, 6.07) is 27.4. The Morgan fingerprint density at radius 1 is 1.03 bits per heavy atom. The number of nitrogens with zero attached hydrogens (tertiary/aromatic N) is 4. The molecule has 6 nitrogen and oxygen atoms in total. The van der Waals surface area contributed by atoms with Crippen LogP contribution in [0, 0.1) is 18.3 Å². The van der Waals surface area contributed by atoms with Gasteiger partial charge in [0.25, 0.3) is 0 Å². The zero-order valence-electron chi connectivity index (χ0n) is 18.3. The van der Waals surface area contributed by atoms with Crippen molar-refractivity contribution in [2.45, 2.75) is 19.9 Å². The summed E-state index contributed by atoms with van der Waals surface area (Å²) < 4.78 is 1.66. The molecule has 4 rings (SSSR count). The van der Waals surface area contributed by atoms with Gasteiger partial charge in [0.15, 0.2) is 0 Å². The number of hydrogen-bond donors (Lipinski definition) is 1. The molecule has 0 fully saturated rings. The van der Waals surface area contributed by atoms with Crippen LogP contribution in [0.4, 0.5) is 5.69 Å². The van der Waals surface area contributed by atoms with Gasteiger partial charge in [-0.2, -0.15) is 5.26 Å². The Morgan fingerprint density at radius 2 is 1.76 bits per heavy atom. The van der Waals surface area contributed by atoms with Crippen molar-refractivity contribution < 1.29 is 4.79 Å². The Balaban J connectivity index is 1.39. The van der Waals surface area contributed by atoms with Gasteiger partial charge in [0.1, 0.15) is 5.69 Å². The van der Waals surface area contributed by atoms with Crippen LogP contribution in [0.3, 0.4) is 0 Å². The lowest BCUT2D eigenvalue weighted by Gasteiger charge is -2.04. The summed E-state index contributed by atoms with van der Waals surface area (Å²) in [6.45, 7) is 2.47. The van der Waals surface area contributed by atoms with Gasteiger partial charge >= 0.3 is 0 Å². The van der Waals surface area contributed by atoms with Crippen LogP contribution >= 0.6 is 0 Å². The lowest BCUT2D eigenvalue weighted by Crippen LogP contribution is -2.14. The van der Waals surface area contributed by atoms with E-state index in [-0.39, 0.29) is 5.91 Å². The van der Waals surface area contributed by atoms with Gasteiger partial charge in [-0.05, 0) is 36.3 Å². The molecule has 0 bridgehead atoms. The largest absolute Gasteiger partial charge is 0.326 e. The molecule has 1 N–H and O–H groups in total. The number of anilines is 1. The first-order valence-electron chi connectivity index (χ1n) is 10.6. The highest BCUT2D eigenvalue weighted by Gasteiger charge is 2.08. The van der Waals surface area contributed by atoms with Crippen molar-refractivity contribution in [3.63, 3.8) is 0 Å². The fourth-order valence-electron chi connectivity index (χ4n) is 3.33. The number of nitrogens with one attached hydrogen (secondary N) is 1. The Labute approximate surface area is 192 Å². The molecule has 0 aliphatic rings. The number of carbonyl (C=O) groups excluding carboxylic acids is 1. The van der Waals surface area contributed by atoms with Crippen molar-refractivity contribution in [3.05, 3.63) is 102 Å². The lowest BCUT2D eigenvalue weighted by atomic mass is 10.0. The van der Waals surface area contributed by atoms with Crippen molar-refractivity contribution in [2.75, 3.05) is 5.32 Å². The zero-order chi connectivity index (χ0) is 23.0. The van der Waals surface area contributed by atoms with Gasteiger partial charge in [0, 0.05) is 17.7 Å². The number of amides is 1. The molecule has 4 aromatic rings. The summed E-state index contributed by atoms with van der Waals surface area (Å²) in [4.78, 5) is 12.1. The third kappa shape index (κ3) is 5.81. The minimum atomic E-state index is -0.0769. The van der Waals surface area contributed by atoms with Crippen molar-refractivity contribution >= 4 is 23.2 Å². The predicted octanol–water partition coefficient (Wildman–Crippen LogP) is 5.35. The molecule has 0 unspecified atom stereocenters. The van der Waals surface area contributed by atoms with E-state index in [0.717, 1.165) is 22.4 Å². The van der Waals surface area contributed by atoms with Crippen LogP contribution in [0.1, 0.15) is 23.1 Å². The van der Waals surface area contributed by atoms with E-state index in [0.29, 0.717) is 24.2 Å². The van der Waals surface area contributed by atoms with E-state index in [1.165, 1.54) is 5.56 Å². The molecule has 0 spiro atoms. The normalized spacial score (nSPS) is 11.1. The van der Waals surface area contributed by atoms with E-state index in [1.54, 1.807) is 4.68 Å². The van der Waals surface area contributed by atoms with Crippen LogP contribution in [0.25, 0.3) is 22.9 Å². The van der Waals surface area contributed by atoms with E-state index in [1.807, 2.05) is 98.1 Å². The van der Waals surface area contributed by atoms with Crippen LogP contribution in [0.5, 0.6) is 0 Å². The summed E-state index contributed by atoms with van der Waals surface area (Å²) in [5, 5.41) is 20.8. The maximum Gasteiger partial charge on any atom is 0.226 e. The molecule has 0 radical (unpaired) electrons. The van der Waals surface area contributed by atoms with E-state index in [9.17, 15) is 10.1 Å². The molecule has 0 atom stereocenters. The third-order valence-corrected chi connectivity index (χ3v) is 5.16. The fourth-order valence-corrected chi connectivity index (χ4v) is 3.33. The number of aromatic nitrogens is 3. The molecular weight excluding hydrogens is 410 g/mol. The minimum Gasteiger partial charge on any atom is -0.326 e. The van der Waals surface area contributed by atoms with Gasteiger partial charge in [0.05, 0.1) is 24.4 Å². The molecule has 0 aliphatic carbocycles. The lowest BCUT2D eigenvalue weighted by molar-refractivity contribution is -0.116. The highest BCUT2D eigenvalue weighted by molar-refractivity contribution is 5.91. The van der Waals surface area contributed by atoms with Crippen LogP contribution in [0.2, 0.25) is 0 Å². The van der Waals surface area contributed by atoms with Crippen molar-refractivity contribution in [1.29, 1.82) is 5.26 Å². The Morgan fingerprint density at radius 3 is 2.45 bits per heavy atom. The number of hydrogen-bond acceptors (Lipinski definition) is 4. The smallest absolute Gasteiger partial charge is 0.226 e. The number of carbonyl (C=O) groups is 1. The van der Waals surface area contributed by atoms with Crippen molar-refractivity contribution in [2.24, 2.45) is 0 Å². The molecule has 0 saturated carbocycles. The van der Waals surface area contributed by atoms with E-state index < -0.39 is 0 Å². The molecule has 1 aromatic heterocycles. The molecule has 0 saturated heterocycles. The summed E-state index contributed by atoms with van der Waals surface area (Å²) in [6.07, 6.45) is 4.00. The number of nitriles is 1. The number of rotatable bonds is 7. The van der Waals surface area contributed by atoms with E-state index in [2.05, 4.69) is 21.7 Å². The van der Waals surface area contributed by atoms with Gasteiger partial charge in [-0.1, -0.05) is 77.5 Å². The van der Waals surface area contributed by atoms with Gasteiger partial charge in [-0.3, -0.25) is 9.48 Å². The average Bonchev–Trinajstić information content (AvgIpc) is 3.32. The molecule has 0 aliphatic heterocycles. The first-order chi connectivity index (χ1) is 16.1. The summed E-state index contributed by atoms with van der Waals surface area (Å²) in [5.41, 5.74) is 5.98. The number of allylic oxidation sites excluding steroid dienone is 1. The van der Waals surface area contributed by atoms with E-state index in [4.69, 9.17) is 0 Å². The SMILES string of the molecule is Cc1ccc(/C=C(\C#N)c2ccc(-c3cn(CCC(=O)Nc4ccccc4)nn3)cc2)cc1. The highest BCUT2D eigenvalue weighted by Crippen LogP contribution is 2.22. The second-order valence-electron chi connectivity index (χ2n) is 7.69. The molecular formula is C27H23N5O. The predicted molar refractivity (Wildman–Crippen MR) is 130 cm³/mol. The van der Waals surface area contributed by atoms with Crippen molar-refractivity contribution in [1.82, 2.24) is 15.0 Å². The third-order valence-electron chi connectivity index (χ3n) is 5.16. The summed E-state index contributed by atoms with van der Waals surface area (Å²) >= 11 is 0. The van der Waals surface area contributed by atoms with Crippen LogP contribution < -0.4 is 5.32 Å². The second-order valence-corrected chi connectivity index (χ2v) is 7.69. The molecule has 6 heteroatoms. The van der Waals surface area contributed by atoms with Crippen molar-refractivity contribution in [3.8, 4) is 17.3 Å². The highest BCUT2D eigenvalue weighted by atomic mass is 16.1. The number of benzene rings is 3. The Kier molecular flexibility index (Phi) is 6.72. The zero-order valence-corrected chi connectivity index (χ0v) is 18.3. The van der Waals surface area contributed by atoms with Gasteiger partial charge in [-0.15, -0.1) is 5.10 Å². The maximum atomic E-state index is 12.1. The maximum absolute atomic E-state index is 12.1. The Bertz CT molecular complexity index is 1300. The summed E-state index contributed by atoms with van der Waals surface area (Å²) in [5.74, 6) is -0.0769. The minimum absolute atomic E-state index is 0.0769. The van der Waals surface area contributed by atoms with Crippen LogP contribution in [-0.2, 0) is 11.3 Å². The molecule has 162 valence electrons. The average molecular weight is 434 g/mol. The van der Waals surface area contributed by atoms with Gasteiger partial charge < -0.3 is 5.32 Å². The topological polar surface area (TPSA) is 83.6 Å². The molecule has 3 aromatic carbocycles. The summed E-state index contributed by atoms with van der Waals surface area (Å²) in [7, 11) is 0. The molecule has 1 amide bonds. The monoisotopic (exact) mass is 433 g/mol. The van der Waals surface area contributed by atoms with Gasteiger partial charge in [-0.25, -0.2) is 0 Å². The van der Waals surface area contributed by atoms with Crippen LogP contribution in [0.15, 0.2) is 85.1 Å².